The van der Waals surface area contributed by atoms with Gasteiger partial charge in [0.15, 0.2) is 11.6 Å². The standard InChI is InChI=1S/C15H12F2N2O/c1-9-18-13-5-3-10(16)7-14(13)19(9)11-4-6-15(20-2)12(17)8-11/h3-8H,1-2H3. The van der Waals surface area contributed by atoms with Crippen molar-refractivity contribution in [1.82, 2.24) is 9.55 Å². The number of aryl methyl sites for hydroxylation is 1. The van der Waals surface area contributed by atoms with Gasteiger partial charge in [-0.2, -0.15) is 0 Å². The summed E-state index contributed by atoms with van der Waals surface area (Å²) in [7, 11) is 1.41. The highest BCUT2D eigenvalue weighted by Gasteiger charge is 2.12. The first-order valence-electron chi connectivity index (χ1n) is 6.08. The lowest BCUT2D eigenvalue weighted by Gasteiger charge is -2.09. The number of rotatable bonds is 2. The van der Waals surface area contributed by atoms with Gasteiger partial charge in [-0.15, -0.1) is 0 Å². The fraction of sp³-hybridized carbons (Fsp3) is 0.133. The quantitative estimate of drug-likeness (QED) is 0.713. The number of methoxy groups -OCH3 is 1. The van der Waals surface area contributed by atoms with Crippen LogP contribution in [0.15, 0.2) is 36.4 Å². The van der Waals surface area contributed by atoms with Crippen LogP contribution in [0.3, 0.4) is 0 Å². The highest BCUT2D eigenvalue weighted by Crippen LogP contribution is 2.25. The van der Waals surface area contributed by atoms with E-state index in [1.54, 1.807) is 23.6 Å². The maximum atomic E-state index is 13.8. The summed E-state index contributed by atoms with van der Waals surface area (Å²) >= 11 is 0. The Labute approximate surface area is 114 Å². The number of hydrogen-bond donors (Lipinski definition) is 0. The zero-order valence-electron chi connectivity index (χ0n) is 11.0. The summed E-state index contributed by atoms with van der Waals surface area (Å²) in [6.07, 6.45) is 0. The van der Waals surface area contributed by atoms with E-state index in [9.17, 15) is 8.78 Å². The first-order chi connectivity index (χ1) is 9.60. The third-order valence-electron chi connectivity index (χ3n) is 3.18. The minimum absolute atomic E-state index is 0.169. The lowest BCUT2D eigenvalue weighted by atomic mass is 10.2. The van der Waals surface area contributed by atoms with Gasteiger partial charge in [0.25, 0.3) is 0 Å². The average molecular weight is 274 g/mol. The summed E-state index contributed by atoms with van der Waals surface area (Å²) in [5, 5.41) is 0. The lowest BCUT2D eigenvalue weighted by Crippen LogP contribution is -1.99. The molecule has 0 radical (unpaired) electrons. The van der Waals surface area contributed by atoms with Crippen LogP contribution < -0.4 is 4.74 Å². The molecule has 0 aliphatic heterocycles. The number of nitrogens with zero attached hydrogens (tertiary/aromatic N) is 2. The van der Waals surface area contributed by atoms with Crippen LogP contribution in [0.2, 0.25) is 0 Å². The van der Waals surface area contributed by atoms with Gasteiger partial charge < -0.3 is 4.74 Å². The molecule has 0 unspecified atom stereocenters. The van der Waals surface area contributed by atoms with Gasteiger partial charge in [-0.3, -0.25) is 4.57 Å². The number of halogens is 2. The first-order valence-corrected chi connectivity index (χ1v) is 6.08. The number of ether oxygens (including phenoxy) is 1. The van der Waals surface area contributed by atoms with E-state index in [-0.39, 0.29) is 11.6 Å². The molecular formula is C15H12F2N2O. The number of hydrogen-bond acceptors (Lipinski definition) is 2. The van der Waals surface area contributed by atoms with Crippen molar-refractivity contribution in [2.24, 2.45) is 0 Å². The maximum Gasteiger partial charge on any atom is 0.167 e. The molecule has 0 spiro atoms. The fourth-order valence-corrected chi connectivity index (χ4v) is 2.29. The molecule has 3 nitrogen and oxygen atoms in total. The average Bonchev–Trinajstić information content (AvgIpc) is 2.74. The minimum atomic E-state index is -0.470. The van der Waals surface area contributed by atoms with E-state index in [0.29, 0.717) is 22.5 Å². The second kappa shape index (κ2) is 4.59. The summed E-state index contributed by atoms with van der Waals surface area (Å²) in [5.41, 5.74) is 1.85. The van der Waals surface area contributed by atoms with E-state index in [2.05, 4.69) is 4.98 Å². The van der Waals surface area contributed by atoms with Gasteiger partial charge >= 0.3 is 0 Å². The Kier molecular flexibility index (Phi) is 2.89. The zero-order chi connectivity index (χ0) is 14.3. The Bertz CT molecular complexity index is 796. The van der Waals surface area contributed by atoms with Crippen molar-refractivity contribution in [1.29, 1.82) is 0 Å². The summed E-state index contributed by atoms with van der Waals surface area (Å²) in [6, 6.07) is 8.94. The van der Waals surface area contributed by atoms with Crippen LogP contribution in [0.4, 0.5) is 8.78 Å². The Morgan fingerprint density at radius 3 is 2.60 bits per heavy atom. The van der Waals surface area contributed by atoms with Gasteiger partial charge in [-0.1, -0.05) is 0 Å². The van der Waals surface area contributed by atoms with Crippen LogP contribution in [0, 0.1) is 18.6 Å². The van der Waals surface area contributed by atoms with E-state index < -0.39 is 5.82 Å². The van der Waals surface area contributed by atoms with Gasteiger partial charge in [0, 0.05) is 12.1 Å². The van der Waals surface area contributed by atoms with Crippen LogP contribution in [-0.4, -0.2) is 16.7 Å². The molecule has 1 aromatic heterocycles. The molecule has 0 fully saturated rings. The van der Waals surface area contributed by atoms with Crippen molar-refractivity contribution in [3.05, 3.63) is 53.9 Å². The topological polar surface area (TPSA) is 27.1 Å². The number of imidazole rings is 1. The third kappa shape index (κ3) is 1.91. The van der Waals surface area contributed by atoms with Crippen LogP contribution in [0.25, 0.3) is 16.7 Å². The van der Waals surface area contributed by atoms with Crippen molar-refractivity contribution in [3.63, 3.8) is 0 Å². The van der Waals surface area contributed by atoms with Crippen molar-refractivity contribution in [2.75, 3.05) is 7.11 Å². The van der Waals surface area contributed by atoms with Crippen molar-refractivity contribution >= 4 is 11.0 Å². The highest BCUT2D eigenvalue weighted by molar-refractivity contribution is 5.78. The third-order valence-corrected chi connectivity index (χ3v) is 3.18. The van der Waals surface area contributed by atoms with Crippen LogP contribution in [-0.2, 0) is 0 Å². The van der Waals surface area contributed by atoms with Gasteiger partial charge in [0.2, 0.25) is 0 Å². The van der Waals surface area contributed by atoms with Crippen LogP contribution >= 0.6 is 0 Å². The fourth-order valence-electron chi connectivity index (χ4n) is 2.29. The molecule has 20 heavy (non-hydrogen) atoms. The number of benzene rings is 2. The SMILES string of the molecule is COc1ccc(-n2c(C)nc3ccc(F)cc32)cc1F. The Balaban J connectivity index is 2.26. The van der Waals surface area contributed by atoms with Crippen molar-refractivity contribution < 1.29 is 13.5 Å². The molecule has 0 saturated carbocycles. The summed E-state index contributed by atoms with van der Waals surface area (Å²) in [5.74, 6) is 0.00691. The predicted molar refractivity (Wildman–Crippen MR) is 72.3 cm³/mol. The van der Waals surface area contributed by atoms with Crippen LogP contribution in [0.5, 0.6) is 5.75 Å². The smallest absolute Gasteiger partial charge is 0.167 e. The first kappa shape index (κ1) is 12.6. The molecule has 0 amide bonds. The molecule has 3 rings (SSSR count). The van der Waals surface area contributed by atoms with Gasteiger partial charge in [-0.05, 0) is 31.2 Å². The number of fused-ring (bicyclic) bond motifs is 1. The molecule has 5 heteroatoms. The van der Waals surface area contributed by atoms with Gasteiger partial charge in [0.1, 0.15) is 11.6 Å². The minimum Gasteiger partial charge on any atom is -0.494 e. The molecule has 0 aliphatic carbocycles. The van der Waals surface area contributed by atoms with E-state index in [1.165, 1.54) is 31.4 Å². The van der Waals surface area contributed by atoms with E-state index in [4.69, 9.17) is 4.74 Å². The second-order valence-corrected chi connectivity index (χ2v) is 4.45. The molecule has 2 aromatic carbocycles. The summed E-state index contributed by atoms with van der Waals surface area (Å²) in [4.78, 5) is 4.35. The molecule has 1 heterocycles. The Hall–Kier alpha value is -2.43. The molecule has 102 valence electrons. The Morgan fingerprint density at radius 2 is 1.90 bits per heavy atom. The maximum absolute atomic E-state index is 13.8. The van der Waals surface area contributed by atoms with E-state index in [1.807, 2.05) is 0 Å². The van der Waals surface area contributed by atoms with Gasteiger partial charge in [0.05, 0.1) is 23.8 Å². The van der Waals surface area contributed by atoms with Gasteiger partial charge in [-0.25, -0.2) is 13.8 Å². The summed E-state index contributed by atoms with van der Waals surface area (Å²) in [6.45, 7) is 1.79. The van der Waals surface area contributed by atoms with Crippen molar-refractivity contribution in [3.8, 4) is 11.4 Å². The number of aromatic nitrogens is 2. The normalized spacial score (nSPS) is 11.0. The molecule has 0 aliphatic rings. The molecule has 0 saturated heterocycles. The molecule has 0 bridgehead atoms. The van der Waals surface area contributed by atoms with Crippen molar-refractivity contribution in [2.45, 2.75) is 6.92 Å². The monoisotopic (exact) mass is 274 g/mol. The molecule has 3 aromatic rings. The summed E-state index contributed by atoms with van der Waals surface area (Å²) < 4.78 is 33.8. The largest absolute Gasteiger partial charge is 0.494 e. The molecule has 0 atom stereocenters. The van der Waals surface area contributed by atoms with E-state index in [0.717, 1.165) is 0 Å². The van der Waals surface area contributed by atoms with Crippen LogP contribution in [0.1, 0.15) is 5.82 Å². The molecular weight excluding hydrogens is 262 g/mol. The van der Waals surface area contributed by atoms with E-state index >= 15 is 0 Å². The highest BCUT2D eigenvalue weighted by atomic mass is 19.1. The predicted octanol–water partition coefficient (Wildman–Crippen LogP) is 3.62. The molecule has 0 N–H and O–H groups in total. The second-order valence-electron chi connectivity index (χ2n) is 4.45. The zero-order valence-corrected chi connectivity index (χ0v) is 11.0. The Morgan fingerprint density at radius 1 is 1.10 bits per heavy atom. The lowest BCUT2D eigenvalue weighted by molar-refractivity contribution is 0.386.